The van der Waals surface area contributed by atoms with E-state index in [0.717, 1.165) is 31.9 Å². The highest BCUT2D eigenvalue weighted by molar-refractivity contribution is 5.75. The molecule has 1 amide bonds. The van der Waals surface area contributed by atoms with E-state index in [9.17, 15) is 4.79 Å². The van der Waals surface area contributed by atoms with Crippen molar-refractivity contribution in [3.8, 4) is 0 Å². The zero-order chi connectivity index (χ0) is 14.3. The lowest BCUT2D eigenvalue weighted by atomic mass is 9.98. The molecule has 0 spiro atoms. The van der Waals surface area contributed by atoms with Crippen LogP contribution in [0, 0.1) is 5.92 Å². The number of hydrogen-bond donors (Lipinski definition) is 1. The molecule has 3 nitrogen and oxygen atoms in total. The fourth-order valence-electron chi connectivity index (χ4n) is 2.30. The molecule has 0 saturated carbocycles. The molecule has 0 aliphatic rings. The number of hydrogen-bond acceptors (Lipinski definition) is 2. The fourth-order valence-corrected chi connectivity index (χ4v) is 2.30. The largest absolute Gasteiger partial charge is 0.385 e. The van der Waals surface area contributed by atoms with E-state index in [4.69, 9.17) is 4.74 Å². The zero-order valence-electron chi connectivity index (χ0n) is 13.2. The Balaban J connectivity index is 3.22. The first-order valence-electron chi connectivity index (χ1n) is 7.96. The molecule has 1 unspecified atom stereocenters. The van der Waals surface area contributed by atoms with E-state index in [1.807, 2.05) is 0 Å². The molecule has 3 heteroatoms. The highest BCUT2D eigenvalue weighted by Gasteiger charge is 2.02. The first-order valence-corrected chi connectivity index (χ1v) is 7.96. The van der Waals surface area contributed by atoms with Crippen LogP contribution >= 0.6 is 0 Å². The number of nitrogens with one attached hydrogen (secondary N) is 1. The molecule has 114 valence electrons. The standard InChI is InChI=1S/C16H33NO2/c1-4-10-15(2)11-7-5-6-8-12-16(18)17-13-9-14-19-3/h15H,4-14H2,1-3H3,(H,17,18). The predicted molar refractivity (Wildman–Crippen MR) is 81.3 cm³/mol. The van der Waals surface area contributed by atoms with Gasteiger partial charge in [0, 0.05) is 26.7 Å². The third-order valence-electron chi connectivity index (χ3n) is 3.48. The number of carbonyl (C=O) groups is 1. The summed E-state index contributed by atoms with van der Waals surface area (Å²) >= 11 is 0. The van der Waals surface area contributed by atoms with Gasteiger partial charge in [0.15, 0.2) is 0 Å². The van der Waals surface area contributed by atoms with E-state index < -0.39 is 0 Å². The summed E-state index contributed by atoms with van der Waals surface area (Å²) in [5.74, 6) is 1.06. The predicted octanol–water partition coefficient (Wildman–Crippen LogP) is 3.92. The quantitative estimate of drug-likeness (QED) is 0.516. The monoisotopic (exact) mass is 271 g/mol. The van der Waals surface area contributed by atoms with Gasteiger partial charge in [-0.05, 0) is 18.8 Å². The number of methoxy groups -OCH3 is 1. The van der Waals surface area contributed by atoms with Crippen molar-refractivity contribution in [1.29, 1.82) is 0 Å². The molecule has 0 rings (SSSR count). The van der Waals surface area contributed by atoms with Crippen molar-refractivity contribution in [3.63, 3.8) is 0 Å². The van der Waals surface area contributed by atoms with E-state index in [1.165, 1.54) is 38.5 Å². The molecule has 19 heavy (non-hydrogen) atoms. The van der Waals surface area contributed by atoms with Crippen molar-refractivity contribution in [3.05, 3.63) is 0 Å². The van der Waals surface area contributed by atoms with Crippen molar-refractivity contribution < 1.29 is 9.53 Å². The van der Waals surface area contributed by atoms with Crippen LogP contribution in [0.4, 0.5) is 0 Å². The van der Waals surface area contributed by atoms with E-state index in [1.54, 1.807) is 7.11 Å². The summed E-state index contributed by atoms with van der Waals surface area (Å²) in [4.78, 5) is 11.5. The molecule has 0 saturated heterocycles. The van der Waals surface area contributed by atoms with Crippen molar-refractivity contribution >= 4 is 5.91 Å². The Morgan fingerprint density at radius 2 is 1.84 bits per heavy atom. The maximum absolute atomic E-state index is 11.5. The third kappa shape index (κ3) is 13.7. The van der Waals surface area contributed by atoms with Crippen LogP contribution in [-0.2, 0) is 9.53 Å². The topological polar surface area (TPSA) is 38.3 Å². The molecule has 0 aromatic carbocycles. The van der Waals surface area contributed by atoms with E-state index in [-0.39, 0.29) is 5.91 Å². The van der Waals surface area contributed by atoms with Gasteiger partial charge in [0.2, 0.25) is 5.91 Å². The van der Waals surface area contributed by atoms with Crippen LogP contribution in [0.25, 0.3) is 0 Å². The van der Waals surface area contributed by atoms with Crippen LogP contribution in [0.3, 0.4) is 0 Å². The third-order valence-corrected chi connectivity index (χ3v) is 3.48. The Kier molecular flexibility index (Phi) is 13.4. The lowest BCUT2D eigenvalue weighted by Crippen LogP contribution is -2.24. The van der Waals surface area contributed by atoms with E-state index in [0.29, 0.717) is 6.42 Å². The second-order valence-electron chi connectivity index (χ2n) is 5.54. The molecule has 1 atom stereocenters. The lowest BCUT2D eigenvalue weighted by molar-refractivity contribution is -0.121. The summed E-state index contributed by atoms with van der Waals surface area (Å²) in [7, 11) is 1.68. The molecule has 1 N–H and O–H groups in total. The molecular weight excluding hydrogens is 238 g/mol. The smallest absolute Gasteiger partial charge is 0.219 e. The molecule has 0 bridgehead atoms. The summed E-state index contributed by atoms with van der Waals surface area (Å²) in [5, 5.41) is 2.92. The number of carbonyl (C=O) groups excluding carboxylic acids is 1. The number of unbranched alkanes of at least 4 members (excludes halogenated alkanes) is 3. The highest BCUT2D eigenvalue weighted by atomic mass is 16.5. The minimum absolute atomic E-state index is 0.190. The molecule has 0 radical (unpaired) electrons. The Labute approximate surface area is 119 Å². The van der Waals surface area contributed by atoms with Gasteiger partial charge in [0.1, 0.15) is 0 Å². The molecule has 0 aliphatic carbocycles. The summed E-state index contributed by atoms with van der Waals surface area (Å²) in [6.07, 6.45) is 10.4. The average molecular weight is 271 g/mol. The lowest BCUT2D eigenvalue weighted by Gasteiger charge is -2.09. The fraction of sp³-hybridized carbons (Fsp3) is 0.938. The Bertz CT molecular complexity index is 207. The van der Waals surface area contributed by atoms with Crippen molar-refractivity contribution in [1.82, 2.24) is 5.32 Å². The minimum atomic E-state index is 0.190. The van der Waals surface area contributed by atoms with Crippen molar-refractivity contribution in [2.24, 2.45) is 5.92 Å². The van der Waals surface area contributed by atoms with Gasteiger partial charge in [0.25, 0.3) is 0 Å². The van der Waals surface area contributed by atoms with Crippen LogP contribution in [0.2, 0.25) is 0 Å². The second kappa shape index (κ2) is 13.9. The minimum Gasteiger partial charge on any atom is -0.385 e. The number of rotatable bonds is 13. The molecule has 0 aromatic heterocycles. The second-order valence-corrected chi connectivity index (χ2v) is 5.54. The highest BCUT2D eigenvalue weighted by Crippen LogP contribution is 2.15. The van der Waals surface area contributed by atoms with Crippen LogP contribution < -0.4 is 5.32 Å². The Hall–Kier alpha value is -0.570. The molecule has 0 aromatic rings. The van der Waals surface area contributed by atoms with Gasteiger partial charge in [-0.15, -0.1) is 0 Å². The number of ether oxygens (including phenoxy) is 1. The van der Waals surface area contributed by atoms with E-state index >= 15 is 0 Å². The first-order chi connectivity index (χ1) is 9.20. The van der Waals surface area contributed by atoms with Crippen LogP contribution in [0.5, 0.6) is 0 Å². The first kappa shape index (κ1) is 18.4. The van der Waals surface area contributed by atoms with Crippen molar-refractivity contribution in [2.75, 3.05) is 20.3 Å². The average Bonchev–Trinajstić information content (AvgIpc) is 2.39. The summed E-state index contributed by atoms with van der Waals surface area (Å²) in [5.41, 5.74) is 0. The van der Waals surface area contributed by atoms with Crippen LogP contribution in [0.1, 0.15) is 71.6 Å². The van der Waals surface area contributed by atoms with Crippen LogP contribution in [0.15, 0.2) is 0 Å². The van der Waals surface area contributed by atoms with Crippen molar-refractivity contribution in [2.45, 2.75) is 71.6 Å². The molecule has 0 aliphatic heterocycles. The normalized spacial score (nSPS) is 12.4. The van der Waals surface area contributed by atoms with Crippen LogP contribution in [-0.4, -0.2) is 26.2 Å². The van der Waals surface area contributed by atoms with Gasteiger partial charge in [-0.25, -0.2) is 0 Å². The summed E-state index contributed by atoms with van der Waals surface area (Å²) < 4.78 is 4.93. The summed E-state index contributed by atoms with van der Waals surface area (Å²) in [6.45, 7) is 6.05. The van der Waals surface area contributed by atoms with Gasteiger partial charge in [-0.3, -0.25) is 4.79 Å². The molecule has 0 heterocycles. The van der Waals surface area contributed by atoms with Gasteiger partial charge in [-0.2, -0.15) is 0 Å². The maximum atomic E-state index is 11.5. The maximum Gasteiger partial charge on any atom is 0.219 e. The molecule has 0 fully saturated rings. The van der Waals surface area contributed by atoms with E-state index in [2.05, 4.69) is 19.2 Å². The Morgan fingerprint density at radius 3 is 2.53 bits per heavy atom. The zero-order valence-corrected chi connectivity index (χ0v) is 13.2. The van der Waals surface area contributed by atoms with Gasteiger partial charge in [0.05, 0.1) is 0 Å². The number of amides is 1. The Morgan fingerprint density at radius 1 is 1.11 bits per heavy atom. The van der Waals surface area contributed by atoms with Gasteiger partial charge < -0.3 is 10.1 Å². The SMILES string of the molecule is CCCC(C)CCCCCCC(=O)NCCCOC. The van der Waals surface area contributed by atoms with Gasteiger partial charge in [-0.1, -0.05) is 52.4 Å². The van der Waals surface area contributed by atoms with Gasteiger partial charge >= 0.3 is 0 Å². The molecular formula is C16H33NO2. The summed E-state index contributed by atoms with van der Waals surface area (Å²) in [6, 6.07) is 0.